The number of thiol groups is 1. The summed E-state index contributed by atoms with van der Waals surface area (Å²) in [6.45, 7) is 0.268. The molecule has 0 amide bonds. The third-order valence-corrected chi connectivity index (χ3v) is 3.83. The molecule has 2 aromatic carbocycles. The lowest BCUT2D eigenvalue weighted by molar-refractivity contribution is 0.513. The molecule has 0 atom stereocenters. The van der Waals surface area contributed by atoms with Gasteiger partial charge in [0.1, 0.15) is 23.9 Å². The molecule has 0 bridgehead atoms. The number of nitrogens with zero attached hydrogens (tertiary/aromatic N) is 1. The molecule has 3 aromatic rings. The van der Waals surface area contributed by atoms with E-state index < -0.39 is 11.6 Å². The summed E-state index contributed by atoms with van der Waals surface area (Å²) < 4.78 is 32.3. The summed E-state index contributed by atoms with van der Waals surface area (Å²) in [6, 6.07) is 12.0. The van der Waals surface area contributed by atoms with Crippen LogP contribution in [0.4, 0.5) is 14.5 Å². The fourth-order valence-electron chi connectivity index (χ4n) is 2.35. The predicted molar refractivity (Wildman–Crippen MR) is 101 cm³/mol. The van der Waals surface area contributed by atoms with Crippen molar-refractivity contribution in [3.63, 3.8) is 0 Å². The van der Waals surface area contributed by atoms with Crippen LogP contribution in [0.5, 0.6) is 0 Å². The van der Waals surface area contributed by atoms with Gasteiger partial charge < -0.3 is 15.5 Å². The molecule has 0 saturated carbocycles. The molecule has 0 aliphatic carbocycles. The van der Waals surface area contributed by atoms with Gasteiger partial charge in [0, 0.05) is 19.4 Å². The van der Waals surface area contributed by atoms with Crippen molar-refractivity contribution in [1.82, 2.24) is 0 Å². The molecule has 0 radical (unpaired) electrons. The monoisotopic (exact) mass is 363 g/mol. The maximum Gasteiger partial charge on any atom is 0.193 e. The van der Waals surface area contributed by atoms with Crippen LogP contribution in [0, 0.1) is 11.6 Å². The van der Waals surface area contributed by atoms with Crippen LogP contribution in [-0.4, -0.2) is 5.96 Å². The minimum Gasteiger partial charge on any atom is -0.467 e. The third kappa shape index (κ3) is 4.19. The summed E-state index contributed by atoms with van der Waals surface area (Å²) in [5.41, 5.74) is 7.35. The molecule has 0 spiro atoms. The van der Waals surface area contributed by atoms with Crippen LogP contribution in [0.2, 0.25) is 0 Å². The van der Waals surface area contributed by atoms with E-state index in [-0.39, 0.29) is 15.4 Å². The fourth-order valence-corrected chi connectivity index (χ4v) is 2.62. The second-order valence-corrected chi connectivity index (χ2v) is 5.75. The zero-order valence-corrected chi connectivity index (χ0v) is 13.9. The van der Waals surface area contributed by atoms with Crippen LogP contribution in [0.1, 0.15) is 8.61 Å². The van der Waals surface area contributed by atoms with Crippen LogP contribution in [-0.2, 0) is 6.54 Å². The number of anilines is 1. The fraction of sp³-hybridized carbons (Fsp3) is 0.0556. The Morgan fingerprint density at radius 2 is 1.92 bits per heavy atom. The minimum atomic E-state index is -0.662. The Balaban J connectivity index is 0.00000182. The Morgan fingerprint density at radius 3 is 2.60 bits per heavy atom. The highest BCUT2D eigenvalue weighted by Gasteiger charge is 2.11. The van der Waals surface area contributed by atoms with Crippen molar-refractivity contribution >= 4 is 24.3 Å². The van der Waals surface area contributed by atoms with E-state index >= 15 is 0 Å². The van der Waals surface area contributed by atoms with Gasteiger partial charge in [-0.15, -0.1) is 12.6 Å². The van der Waals surface area contributed by atoms with Crippen LogP contribution < -0.4 is 11.1 Å². The van der Waals surface area contributed by atoms with Gasteiger partial charge in [-0.25, -0.2) is 13.8 Å². The molecule has 0 unspecified atom stereocenters. The van der Waals surface area contributed by atoms with Crippen molar-refractivity contribution in [2.75, 3.05) is 5.32 Å². The zero-order valence-electron chi connectivity index (χ0n) is 13.0. The van der Waals surface area contributed by atoms with Gasteiger partial charge in [0.15, 0.2) is 5.96 Å². The molecule has 0 fully saturated rings. The molecule has 3 rings (SSSR count). The Kier molecular flexibility index (Phi) is 5.04. The number of halogens is 2. The lowest BCUT2D eigenvalue weighted by Crippen LogP contribution is -2.23. The molecule has 3 N–H and O–H groups in total. The topological polar surface area (TPSA) is 63.5 Å². The lowest BCUT2D eigenvalue weighted by atomic mass is 10.0. The first kappa shape index (κ1) is 17.0. The van der Waals surface area contributed by atoms with Gasteiger partial charge in [-0.2, -0.15) is 0 Å². The summed E-state index contributed by atoms with van der Waals surface area (Å²) in [4.78, 5) is 4.75. The Labute approximate surface area is 151 Å². The lowest BCUT2D eigenvalue weighted by Gasteiger charge is -2.14. The number of aliphatic imine (C=N–C) groups is 1. The van der Waals surface area contributed by atoms with Crippen molar-refractivity contribution in [3.05, 3.63) is 72.2 Å². The van der Waals surface area contributed by atoms with Gasteiger partial charge >= 0.3 is 0 Å². The summed E-state index contributed by atoms with van der Waals surface area (Å²) in [5, 5.41) is 2.94. The molecule has 7 heteroatoms. The molecule has 132 valence electrons. The number of para-hydroxylation sites is 1. The van der Waals surface area contributed by atoms with Crippen molar-refractivity contribution < 1.29 is 16.1 Å². The highest BCUT2D eigenvalue weighted by atomic mass is 32.1. The quantitative estimate of drug-likeness (QED) is 0.350. The highest BCUT2D eigenvalue weighted by Crippen LogP contribution is 2.33. The molecule has 0 aliphatic rings. The van der Waals surface area contributed by atoms with E-state index in [1.165, 1.54) is 12.1 Å². The second kappa shape index (κ2) is 7.40. The van der Waals surface area contributed by atoms with Gasteiger partial charge in [0.2, 0.25) is 0 Å². The normalized spacial score (nSPS) is 11.6. The number of hydrogen-bond donors (Lipinski definition) is 3. The van der Waals surface area contributed by atoms with Crippen molar-refractivity contribution in [2.45, 2.75) is 11.4 Å². The maximum atomic E-state index is 13.5. The first-order valence-electron chi connectivity index (χ1n) is 7.40. The van der Waals surface area contributed by atoms with Gasteiger partial charge in [-0.1, -0.05) is 12.1 Å². The number of rotatable bonds is 4. The average Bonchev–Trinajstić information content (AvgIpc) is 3.07. The smallest absolute Gasteiger partial charge is 0.193 e. The number of guanidine groups is 1. The number of nitrogens with two attached hydrogens (primary N) is 1. The second-order valence-electron chi connectivity index (χ2n) is 5.26. The van der Waals surface area contributed by atoms with E-state index in [0.29, 0.717) is 27.5 Å². The molecule has 0 aliphatic heterocycles. The number of furan rings is 1. The summed E-state index contributed by atoms with van der Waals surface area (Å²) in [7, 11) is 0. The van der Waals surface area contributed by atoms with Crippen LogP contribution >= 0.6 is 12.6 Å². The Bertz CT molecular complexity index is 901. The average molecular weight is 363 g/mol. The zero-order chi connectivity index (χ0) is 17.8. The number of hydrogen-bond acceptors (Lipinski definition) is 3. The van der Waals surface area contributed by atoms with Gasteiger partial charge in [0.25, 0.3) is 0 Å². The molecular formula is C18H19F2N3OS. The Hall–Kier alpha value is -2.80. The largest absolute Gasteiger partial charge is 0.467 e. The van der Waals surface area contributed by atoms with E-state index in [4.69, 9.17) is 10.2 Å². The number of nitrogens with one attached hydrogen (secondary N) is 1. The minimum absolute atomic E-state index is 0. The van der Waals surface area contributed by atoms with E-state index in [9.17, 15) is 8.78 Å². The first-order chi connectivity index (χ1) is 12.0. The van der Waals surface area contributed by atoms with E-state index in [1.54, 1.807) is 36.6 Å². The Morgan fingerprint density at radius 1 is 1.16 bits per heavy atom. The van der Waals surface area contributed by atoms with Crippen molar-refractivity contribution in [3.8, 4) is 11.1 Å². The van der Waals surface area contributed by atoms with E-state index in [2.05, 4.69) is 22.9 Å². The summed E-state index contributed by atoms with van der Waals surface area (Å²) >= 11 is 4.39. The standard InChI is InChI=1S/C18H15F2N3OS.2H2/c19-12-7-11(8-13(20)9-12)15-4-1-5-16(25)17(15)23-18(21)22-10-14-3-2-6-24-14;;/h1-9,25H,10H2,(H3,21,22,23);2*1H. The maximum absolute atomic E-state index is 13.5. The number of benzene rings is 2. The van der Waals surface area contributed by atoms with Crippen molar-refractivity contribution in [2.24, 2.45) is 10.7 Å². The van der Waals surface area contributed by atoms with Crippen LogP contribution in [0.25, 0.3) is 11.1 Å². The molecule has 1 heterocycles. The van der Waals surface area contributed by atoms with Crippen LogP contribution in [0.3, 0.4) is 0 Å². The molecule has 4 nitrogen and oxygen atoms in total. The molecule has 0 saturated heterocycles. The van der Waals surface area contributed by atoms with Gasteiger partial charge in [0.05, 0.1) is 12.0 Å². The summed E-state index contributed by atoms with van der Waals surface area (Å²) in [6.07, 6.45) is 1.55. The van der Waals surface area contributed by atoms with Gasteiger partial charge in [-0.05, 0) is 35.9 Å². The van der Waals surface area contributed by atoms with E-state index in [0.717, 1.165) is 6.07 Å². The first-order valence-corrected chi connectivity index (χ1v) is 7.85. The highest BCUT2D eigenvalue weighted by molar-refractivity contribution is 7.80. The summed E-state index contributed by atoms with van der Waals surface area (Å²) in [5.74, 6) is -0.526. The predicted octanol–water partition coefficient (Wildman–Crippen LogP) is 4.93. The molecule has 1 aromatic heterocycles. The van der Waals surface area contributed by atoms with Crippen molar-refractivity contribution in [1.29, 1.82) is 0 Å². The SMILES string of the molecule is NC(=NCc1ccco1)Nc1c(S)cccc1-c1cc(F)cc(F)c1.[HH].[HH]. The molecule has 25 heavy (non-hydrogen) atoms. The third-order valence-electron chi connectivity index (χ3n) is 3.45. The molecular weight excluding hydrogens is 344 g/mol. The van der Waals surface area contributed by atoms with E-state index in [1.807, 2.05) is 0 Å². The van der Waals surface area contributed by atoms with Gasteiger partial charge in [-0.3, -0.25) is 0 Å². The van der Waals surface area contributed by atoms with Crippen LogP contribution in [0.15, 0.2) is 69.1 Å².